The van der Waals surface area contributed by atoms with Crippen LogP contribution in [0.2, 0.25) is 15.1 Å². The van der Waals surface area contributed by atoms with Crippen LogP contribution in [0, 0.1) is 11.3 Å². The number of pyridine rings is 1. The molecular weight excluding hydrogens is 295 g/mol. The summed E-state index contributed by atoms with van der Waals surface area (Å²) in [7, 11) is 0. The van der Waals surface area contributed by atoms with Crippen molar-refractivity contribution in [3.05, 3.63) is 45.2 Å². The highest BCUT2D eigenvalue weighted by molar-refractivity contribution is 6.49. The van der Waals surface area contributed by atoms with E-state index in [0.29, 0.717) is 11.1 Å². The number of phenols is 1. The Hall–Kier alpha value is -1.47. The molecular formula is C12H5Cl3N2O. The molecule has 0 spiro atoms. The van der Waals surface area contributed by atoms with Crippen molar-refractivity contribution >= 4 is 34.8 Å². The highest BCUT2D eigenvalue weighted by atomic mass is 35.5. The normalized spacial score (nSPS) is 10.1. The molecule has 0 radical (unpaired) electrons. The molecule has 0 aliphatic rings. The standard InChI is InChI=1S/C12H5Cl3N2O/c13-8-4-9(18)10(12(15)11(8)14)6-1-2-17-7(3-6)5-16/h1-4,18H. The van der Waals surface area contributed by atoms with Crippen molar-refractivity contribution in [1.82, 2.24) is 4.98 Å². The molecule has 0 aliphatic heterocycles. The van der Waals surface area contributed by atoms with Crippen LogP contribution >= 0.6 is 34.8 Å². The summed E-state index contributed by atoms with van der Waals surface area (Å²) in [5.74, 6) is -0.107. The average Bonchev–Trinajstić information content (AvgIpc) is 2.36. The Balaban J connectivity index is 2.72. The molecule has 2 aromatic rings. The van der Waals surface area contributed by atoms with Gasteiger partial charge in [0.15, 0.2) is 0 Å². The first-order valence-electron chi connectivity index (χ1n) is 4.77. The average molecular weight is 300 g/mol. The van der Waals surface area contributed by atoms with Crippen LogP contribution in [0.5, 0.6) is 5.75 Å². The third-order valence-corrected chi connectivity index (χ3v) is 3.57. The van der Waals surface area contributed by atoms with Gasteiger partial charge in [-0.25, -0.2) is 4.98 Å². The minimum Gasteiger partial charge on any atom is -0.507 e. The van der Waals surface area contributed by atoms with E-state index < -0.39 is 0 Å². The second-order valence-electron chi connectivity index (χ2n) is 3.42. The highest BCUT2D eigenvalue weighted by Gasteiger charge is 2.16. The molecule has 1 heterocycles. The Kier molecular flexibility index (Phi) is 3.63. The second kappa shape index (κ2) is 5.03. The summed E-state index contributed by atoms with van der Waals surface area (Å²) in [6, 6.07) is 6.33. The summed E-state index contributed by atoms with van der Waals surface area (Å²) in [4.78, 5) is 3.84. The number of hydrogen-bond acceptors (Lipinski definition) is 3. The minimum atomic E-state index is -0.107. The zero-order valence-electron chi connectivity index (χ0n) is 8.78. The largest absolute Gasteiger partial charge is 0.507 e. The van der Waals surface area contributed by atoms with Gasteiger partial charge in [0.05, 0.1) is 15.1 Å². The van der Waals surface area contributed by atoms with Crippen LogP contribution < -0.4 is 0 Å². The number of aromatic nitrogens is 1. The van der Waals surface area contributed by atoms with Crippen LogP contribution in [0.1, 0.15) is 5.69 Å². The van der Waals surface area contributed by atoms with Crippen LogP contribution in [0.15, 0.2) is 24.4 Å². The molecule has 90 valence electrons. The summed E-state index contributed by atoms with van der Waals surface area (Å²) < 4.78 is 0. The Morgan fingerprint density at radius 2 is 1.89 bits per heavy atom. The van der Waals surface area contributed by atoms with E-state index in [0.717, 1.165) is 0 Å². The van der Waals surface area contributed by atoms with Crippen molar-refractivity contribution in [2.45, 2.75) is 0 Å². The molecule has 1 N–H and O–H groups in total. The van der Waals surface area contributed by atoms with Gasteiger partial charge in [0, 0.05) is 17.8 Å². The van der Waals surface area contributed by atoms with Crippen LogP contribution in [-0.2, 0) is 0 Å². The maximum absolute atomic E-state index is 9.88. The van der Waals surface area contributed by atoms with Gasteiger partial charge in [-0.3, -0.25) is 0 Å². The summed E-state index contributed by atoms with van der Waals surface area (Å²) in [6.45, 7) is 0. The molecule has 0 unspecified atom stereocenters. The number of phenolic OH excluding ortho intramolecular Hbond substituents is 1. The van der Waals surface area contributed by atoms with Crippen molar-refractivity contribution in [3.8, 4) is 22.9 Å². The first kappa shape index (κ1) is 13.0. The fourth-order valence-corrected chi connectivity index (χ4v) is 2.21. The van der Waals surface area contributed by atoms with Gasteiger partial charge in [0.2, 0.25) is 0 Å². The zero-order valence-corrected chi connectivity index (χ0v) is 11.1. The monoisotopic (exact) mass is 298 g/mol. The second-order valence-corrected chi connectivity index (χ2v) is 4.59. The number of rotatable bonds is 1. The van der Waals surface area contributed by atoms with Crippen molar-refractivity contribution in [2.75, 3.05) is 0 Å². The third kappa shape index (κ3) is 2.23. The Morgan fingerprint density at radius 1 is 1.17 bits per heavy atom. The SMILES string of the molecule is N#Cc1cc(-c2c(O)cc(Cl)c(Cl)c2Cl)ccn1. The quantitative estimate of drug-likeness (QED) is 0.799. The van der Waals surface area contributed by atoms with E-state index in [1.807, 2.05) is 6.07 Å². The fraction of sp³-hybridized carbons (Fsp3) is 0. The number of benzene rings is 1. The van der Waals surface area contributed by atoms with Crippen molar-refractivity contribution in [2.24, 2.45) is 0 Å². The highest BCUT2D eigenvalue weighted by Crippen LogP contribution is 2.43. The number of halogens is 3. The maximum atomic E-state index is 9.88. The molecule has 0 saturated carbocycles. The van der Waals surface area contributed by atoms with Gasteiger partial charge in [-0.15, -0.1) is 0 Å². The van der Waals surface area contributed by atoms with Crippen molar-refractivity contribution in [3.63, 3.8) is 0 Å². The van der Waals surface area contributed by atoms with Crippen LogP contribution in [0.25, 0.3) is 11.1 Å². The van der Waals surface area contributed by atoms with Gasteiger partial charge in [-0.05, 0) is 17.7 Å². The number of nitrogens with zero attached hydrogens (tertiary/aromatic N) is 2. The summed E-state index contributed by atoms with van der Waals surface area (Å²) in [5.41, 5.74) is 1.08. The van der Waals surface area contributed by atoms with E-state index in [1.54, 1.807) is 6.07 Å². The van der Waals surface area contributed by atoms with Gasteiger partial charge >= 0.3 is 0 Å². The van der Waals surface area contributed by atoms with E-state index in [9.17, 15) is 5.11 Å². The first-order chi connectivity index (χ1) is 8.54. The van der Waals surface area contributed by atoms with Crippen LogP contribution in [0.4, 0.5) is 0 Å². The minimum absolute atomic E-state index is 0.107. The molecule has 0 fully saturated rings. The molecule has 2 rings (SSSR count). The topological polar surface area (TPSA) is 56.9 Å². The third-order valence-electron chi connectivity index (χ3n) is 2.30. The maximum Gasteiger partial charge on any atom is 0.141 e. The van der Waals surface area contributed by atoms with Gasteiger partial charge in [-0.2, -0.15) is 5.26 Å². The molecule has 0 saturated heterocycles. The number of aromatic hydroxyl groups is 1. The molecule has 6 heteroatoms. The van der Waals surface area contributed by atoms with Crippen molar-refractivity contribution in [1.29, 1.82) is 5.26 Å². The van der Waals surface area contributed by atoms with E-state index >= 15 is 0 Å². The smallest absolute Gasteiger partial charge is 0.141 e. The van der Waals surface area contributed by atoms with Crippen molar-refractivity contribution < 1.29 is 5.11 Å². The molecule has 1 aromatic carbocycles. The molecule has 0 atom stereocenters. The summed E-state index contributed by atoms with van der Waals surface area (Å²) >= 11 is 17.8. The zero-order chi connectivity index (χ0) is 13.3. The van der Waals surface area contributed by atoms with Gasteiger partial charge < -0.3 is 5.11 Å². The lowest BCUT2D eigenvalue weighted by atomic mass is 10.0. The molecule has 0 bridgehead atoms. The van der Waals surface area contributed by atoms with Gasteiger partial charge in [0.1, 0.15) is 17.5 Å². The molecule has 0 aliphatic carbocycles. The summed E-state index contributed by atoms with van der Waals surface area (Å²) in [5, 5.41) is 19.1. The lowest BCUT2D eigenvalue weighted by Gasteiger charge is -2.10. The van der Waals surface area contributed by atoms with Crippen LogP contribution in [-0.4, -0.2) is 10.1 Å². The molecule has 3 nitrogen and oxygen atoms in total. The molecule has 0 amide bonds. The lowest BCUT2D eigenvalue weighted by molar-refractivity contribution is 0.477. The van der Waals surface area contributed by atoms with Crippen LogP contribution in [0.3, 0.4) is 0 Å². The van der Waals surface area contributed by atoms with E-state index in [2.05, 4.69) is 4.98 Å². The lowest BCUT2D eigenvalue weighted by Crippen LogP contribution is -1.87. The molecule has 1 aromatic heterocycles. The van der Waals surface area contributed by atoms with Gasteiger partial charge in [0.25, 0.3) is 0 Å². The summed E-state index contributed by atoms with van der Waals surface area (Å²) in [6.07, 6.45) is 1.45. The predicted molar refractivity (Wildman–Crippen MR) is 71.1 cm³/mol. The molecule has 18 heavy (non-hydrogen) atoms. The number of hydrogen-bond donors (Lipinski definition) is 1. The first-order valence-corrected chi connectivity index (χ1v) is 5.91. The number of nitriles is 1. The Morgan fingerprint density at radius 3 is 2.56 bits per heavy atom. The Labute approximate surface area is 118 Å². The van der Waals surface area contributed by atoms with E-state index in [-0.39, 0.29) is 26.5 Å². The predicted octanol–water partition coefficient (Wildman–Crippen LogP) is 4.29. The van der Waals surface area contributed by atoms with E-state index in [1.165, 1.54) is 18.3 Å². The Bertz CT molecular complexity index is 665. The van der Waals surface area contributed by atoms with E-state index in [4.69, 9.17) is 40.1 Å². The fourth-order valence-electron chi connectivity index (χ4n) is 1.50. The van der Waals surface area contributed by atoms with Gasteiger partial charge in [-0.1, -0.05) is 34.8 Å².